The maximum Gasteiger partial charge on any atom is 0.123 e. The zero-order chi connectivity index (χ0) is 12.0. The molecule has 1 N–H and O–H groups in total. The first-order valence-electron chi connectivity index (χ1n) is 5.88. The molecule has 2 nitrogen and oxygen atoms in total. The molecule has 17 heavy (non-hydrogen) atoms. The van der Waals surface area contributed by atoms with Gasteiger partial charge >= 0.3 is 0 Å². The fourth-order valence-corrected chi connectivity index (χ4v) is 3.54. The Bertz CT molecular complexity index is 449. The standard InChI is InChI=1S/C13H15Cl2NO/c1-17-10-3-2-9(14)12(15)11(10)8-4-13(5-8)6-16-7-13/h2-3,8,16H,4-7H2,1H3. The van der Waals surface area contributed by atoms with E-state index in [0.29, 0.717) is 21.4 Å². The second-order valence-electron chi connectivity index (χ2n) is 5.19. The number of hydrogen-bond acceptors (Lipinski definition) is 2. The molecule has 3 rings (SSSR count). The summed E-state index contributed by atoms with van der Waals surface area (Å²) in [5.74, 6) is 1.37. The van der Waals surface area contributed by atoms with Crippen molar-refractivity contribution in [3.05, 3.63) is 27.7 Å². The molecule has 0 atom stereocenters. The summed E-state index contributed by atoms with van der Waals surface area (Å²) >= 11 is 12.4. The summed E-state index contributed by atoms with van der Waals surface area (Å²) in [5, 5.41) is 4.63. The highest BCUT2D eigenvalue weighted by molar-refractivity contribution is 6.42. The van der Waals surface area contributed by atoms with Crippen LogP contribution in [0.5, 0.6) is 5.75 Å². The molecule has 1 aromatic rings. The van der Waals surface area contributed by atoms with Crippen molar-refractivity contribution < 1.29 is 4.74 Å². The fourth-order valence-electron chi connectivity index (χ4n) is 3.06. The molecule has 1 spiro atoms. The monoisotopic (exact) mass is 271 g/mol. The number of hydrogen-bond donors (Lipinski definition) is 1. The lowest BCUT2D eigenvalue weighted by atomic mass is 9.57. The van der Waals surface area contributed by atoms with Gasteiger partial charge in [-0.3, -0.25) is 0 Å². The lowest BCUT2D eigenvalue weighted by Crippen LogP contribution is -2.59. The molecule has 1 aliphatic carbocycles. The van der Waals surface area contributed by atoms with Crippen LogP contribution in [0.25, 0.3) is 0 Å². The van der Waals surface area contributed by atoms with Crippen LogP contribution in [0.3, 0.4) is 0 Å². The van der Waals surface area contributed by atoms with Gasteiger partial charge in [0, 0.05) is 18.7 Å². The maximum absolute atomic E-state index is 6.31. The summed E-state index contributed by atoms with van der Waals surface area (Å²) in [4.78, 5) is 0. The predicted octanol–water partition coefficient (Wildman–Crippen LogP) is 3.47. The van der Waals surface area contributed by atoms with E-state index in [1.165, 1.54) is 12.8 Å². The Kier molecular flexibility index (Phi) is 2.77. The summed E-state index contributed by atoms with van der Waals surface area (Å²) in [7, 11) is 1.68. The van der Waals surface area contributed by atoms with Crippen molar-refractivity contribution in [2.24, 2.45) is 5.41 Å². The molecule has 4 heteroatoms. The molecule has 1 aromatic carbocycles. The Labute approximate surface area is 111 Å². The van der Waals surface area contributed by atoms with Gasteiger partial charge in [0.25, 0.3) is 0 Å². The van der Waals surface area contributed by atoms with Crippen LogP contribution in [-0.4, -0.2) is 20.2 Å². The molecule has 0 bridgehead atoms. The Balaban J connectivity index is 1.89. The SMILES string of the molecule is COc1ccc(Cl)c(Cl)c1C1CC2(CNC2)C1. The first-order chi connectivity index (χ1) is 8.15. The van der Waals surface area contributed by atoms with Crippen LogP contribution in [0.4, 0.5) is 0 Å². The van der Waals surface area contributed by atoms with Gasteiger partial charge < -0.3 is 10.1 Å². The third kappa shape index (κ3) is 1.74. The van der Waals surface area contributed by atoms with Gasteiger partial charge in [-0.15, -0.1) is 0 Å². The van der Waals surface area contributed by atoms with Gasteiger partial charge in [-0.2, -0.15) is 0 Å². The fraction of sp³-hybridized carbons (Fsp3) is 0.538. The molecule has 1 heterocycles. The molecule has 0 unspecified atom stereocenters. The van der Waals surface area contributed by atoms with E-state index in [1.807, 2.05) is 6.07 Å². The van der Waals surface area contributed by atoms with Gasteiger partial charge in [0.2, 0.25) is 0 Å². The van der Waals surface area contributed by atoms with Crippen LogP contribution in [-0.2, 0) is 0 Å². The summed E-state index contributed by atoms with van der Waals surface area (Å²) in [6.45, 7) is 2.29. The number of methoxy groups -OCH3 is 1. The van der Waals surface area contributed by atoms with E-state index < -0.39 is 0 Å². The molecule has 92 valence electrons. The molecule has 0 aromatic heterocycles. The van der Waals surface area contributed by atoms with E-state index in [9.17, 15) is 0 Å². The van der Waals surface area contributed by atoms with Crippen LogP contribution in [0.2, 0.25) is 10.0 Å². The minimum Gasteiger partial charge on any atom is -0.496 e. The van der Waals surface area contributed by atoms with Crippen molar-refractivity contribution in [1.29, 1.82) is 0 Å². The van der Waals surface area contributed by atoms with E-state index in [2.05, 4.69) is 5.32 Å². The number of benzene rings is 1. The second-order valence-corrected chi connectivity index (χ2v) is 5.97. The Morgan fingerprint density at radius 1 is 1.29 bits per heavy atom. The van der Waals surface area contributed by atoms with E-state index in [4.69, 9.17) is 27.9 Å². The van der Waals surface area contributed by atoms with Gasteiger partial charge in [-0.25, -0.2) is 0 Å². The average molecular weight is 272 g/mol. The lowest BCUT2D eigenvalue weighted by Gasteiger charge is -2.54. The van der Waals surface area contributed by atoms with E-state index in [1.54, 1.807) is 13.2 Å². The normalized spacial score (nSPS) is 22.1. The molecule has 2 aliphatic rings. The number of rotatable bonds is 2. The Hall–Kier alpha value is -0.440. The van der Waals surface area contributed by atoms with Crippen LogP contribution in [0.1, 0.15) is 24.3 Å². The molecular formula is C13H15Cl2NO. The maximum atomic E-state index is 6.31. The Morgan fingerprint density at radius 3 is 2.53 bits per heavy atom. The number of halogens is 2. The summed E-state index contributed by atoms with van der Waals surface area (Å²) in [6.07, 6.45) is 2.38. The predicted molar refractivity (Wildman–Crippen MR) is 70.3 cm³/mol. The van der Waals surface area contributed by atoms with Crippen molar-refractivity contribution in [3.63, 3.8) is 0 Å². The minimum atomic E-state index is 0.498. The molecule has 1 saturated carbocycles. The summed E-state index contributed by atoms with van der Waals surface area (Å²) < 4.78 is 5.40. The molecule has 2 fully saturated rings. The van der Waals surface area contributed by atoms with Crippen molar-refractivity contribution in [3.8, 4) is 5.75 Å². The first-order valence-corrected chi connectivity index (χ1v) is 6.63. The van der Waals surface area contributed by atoms with Gasteiger partial charge in [0.05, 0.1) is 17.2 Å². The van der Waals surface area contributed by atoms with Crippen LogP contribution >= 0.6 is 23.2 Å². The quantitative estimate of drug-likeness (QED) is 0.890. The molecule has 1 saturated heterocycles. The minimum absolute atomic E-state index is 0.498. The molecular weight excluding hydrogens is 257 g/mol. The van der Waals surface area contributed by atoms with Crippen LogP contribution in [0.15, 0.2) is 12.1 Å². The van der Waals surface area contributed by atoms with Crippen molar-refractivity contribution in [2.75, 3.05) is 20.2 Å². The highest BCUT2D eigenvalue weighted by atomic mass is 35.5. The highest BCUT2D eigenvalue weighted by Crippen LogP contribution is 2.56. The molecule has 0 amide bonds. The second kappa shape index (κ2) is 4.04. The summed E-state index contributed by atoms with van der Waals surface area (Å²) in [6, 6.07) is 3.71. The summed E-state index contributed by atoms with van der Waals surface area (Å²) in [5.41, 5.74) is 1.63. The van der Waals surface area contributed by atoms with Crippen LogP contribution in [0, 0.1) is 5.41 Å². The zero-order valence-electron chi connectivity index (χ0n) is 9.72. The zero-order valence-corrected chi connectivity index (χ0v) is 11.2. The third-order valence-corrected chi connectivity index (χ3v) is 4.90. The van der Waals surface area contributed by atoms with Crippen molar-refractivity contribution in [1.82, 2.24) is 5.32 Å². The van der Waals surface area contributed by atoms with Gasteiger partial charge in [-0.05, 0) is 36.3 Å². The van der Waals surface area contributed by atoms with Crippen molar-refractivity contribution >= 4 is 23.2 Å². The first kappa shape index (κ1) is 11.6. The Morgan fingerprint density at radius 2 is 2.00 bits per heavy atom. The largest absolute Gasteiger partial charge is 0.496 e. The molecule has 1 aliphatic heterocycles. The molecule has 0 radical (unpaired) electrons. The third-order valence-electron chi connectivity index (χ3n) is 4.08. The van der Waals surface area contributed by atoms with Gasteiger partial charge in [-0.1, -0.05) is 23.2 Å². The van der Waals surface area contributed by atoms with E-state index >= 15 is 0 Å². The smallest absolute Gasteiger partial charge is 0.123 e. The lowest BCUT2D eigenvalue weighted by molar-refractivity contribution is 0.0355. The van der Waals surface area contributed by atoms with E-state index in [0.717, 1.165) is 24.4 Å². The van der Waals surface area contributed by atoms with Gasteiger partial charge in [0.15, 0.2) is 0 Å². The van der Waals surface area contributed by atoms with Gasteiger partial charge in [0.1, 0.15) is 5.75 Å². The van der Waals surface area contributed by atoms with Crippen LogP contribution < -0.4 is 10.1 Å². The number of ether oxygens (including phenoxy) is 1. The van der Waals surface area contributed by atoms with Crippen molar-refractivity contribution in [2.45, 2.75) is 18.8 Å². The average Bonchev–Trinajstić information content (AvgIpc) is 2.20. The topological polar surface area (TPSA) is 21.3 Å². The highest BCUT2D eigenvalue weighted by Gasteiger charge is 2.49. The van der Waals surface area contributed by atoms with E-state index in [-0.39, 0.29) is 0 Å². The number of nitrogens with one attached hydrogen (secondary N) is 1.